The van der Waals surface area contributed by atoms with Gasteiger partial charge >= 0.3 is 0 Å². The quantitative estimate of drug-likeness (QED) is 0.630. The molecule has 0 radical (unpaired) electrons. The molecule has 0 aliphatic heterocycles. The van der Waals surface area contributed by atoms with Crippen LogP contribution in [0.5, 0.6) is 5.75 Å². The number of aromatic nitrogens is 3. The maximum atomic E-state index is 10.2. The lowest BCUT2D eigenvalue weighted by Gasteiger charge is -2.08. The molecule has 126 valence electrons. The van der Waals surface area contributed by atoms with Crippen LogP contribution < -0.4 is 0 Å². The van der Waals surface area contributed by atoms with Crippen LogP contribution in [0, 0.1) is 5.92 Å². The molecule has 2 aromatic carbocycles. The average molecular weight is 344 g/mol. The number of halogens is 1. The molecule has 3 rings (SSSR count). The third-order valence-corrected chi connectivity index (χ3v) is 4.33. The molecule has 0 amide bonds. The van der Waals surface area contributed by atoms with Gasteiger partial charge in [0.25, 0.3) is 0 Å². The third-order valence-electron chi connectivity index (χ3n) is 4.09. The Kier molecular flexibility index (Phi) is 5.05. The van der Waals surface area contributed by atoms with E-state index in [-0.39, 0.29) is 5.75 Å². The number of aromatic hydroxyl groups is 1. The Morgan fingerprint density at radius 2 is 1.83 bits per heavy atom. The van der Waals surface area contributed by atoms with Crippen molar-refractivity contribution in [2.75, 3.05) is 0 Å². The van der Waals surface area contributed by atoms with E-state index in [1.54, 1.807) is 18.2 Å². The Hall–Kier alpha value is -2.07. The molecule has 0 spiro atoms. The van der Waals surface area contributed by atoms with E-state index in [0.717, 1.165) is 24.3 Å². The number of hydrogen-bond donors (Lipinski definition) is 1. The van der Waals surface area contributed by atoms with E-state index in [1.807, 2.05) is 18.2 Å². The fourth-order valence-electron chi connectivity index (χ4n) is 2.76. The van der Waals surface area contributed by atoms with Gasteiger partial charge in [0.05, 0.1) is 0 Å². The Balaban J connectivity index is 1.82. The Morgan fingerprint density at radius 1 is 1.04 bits per heavy atom. The van der Waals surface area contributed by atoms with Crippen LogP contribution in [0.15, 0.2) is 36.4 Å². The summed E-state index contributed by atoms with van der Waals surface area (Å²) in [4.78, 5) is 1.48. The van der Waals surface area contributed by atoms with Crippen LogP contribution in [0.1, 0.15) is 38.7 Å². The first-order valence-corrected chi connectivity index (χ1v) is 8.75. The first kappa shape index (κ1) is 16.8. The van der Waals surface area contributed by atoms with Crippen molar-refractivity contribution in [2.45, 2.75) is 39.5 Å². The molecule has 0 saturated heterocycles. The second kappa shape index (κ2) is 7.22. The van der Waals surface area contributed by atoms with E-state index >= 15 is 0 Å². The minimum absolute atomic E-state index is 0.173. The minimum atomic E-state index is 0.173. The molecule has 24 heavy (non-hydrogen) atoms. The predicted molar refractivity (Wildman–Crippen MR) is 97.9 cm³/mol. The second-order valence-electron chi connectivity index (χ2n) is 6.59. The van der Waals surface area contributed by atoms with Crippen LogP contribution in [0.25, 0.3) is 16.7 Å². The monoisotopic (exact) mass is 343 g/mol. The fourth-order valence-corrected chi connectivity index (χ4v) is 2.93. The molecular formula is C19H22ClN3O. The summed E-state index contributed by atoms with van der Waals surface area (Å²) in [6, 6.07) is 11.0. The van der Waals surface area contributed by atoms with Crippen molar-refractivity contribution in [1.29, 1.82) is 0 Å². The van der Waals surface area contributed by atoms with E-state index in [4.69, 9.17) is 11.6 Å². The fraction of sp³-hybridized carbons (Fsp3) is 0.368. The summed E-state index contributed by atoms with van der Waals surface area (Å²) in [7, 11) is 0. The lowest BCUT2D eigenvalue weighted by atomic mass is 10.0. The highest BCUT2D eigenvalue weighted by atomic mass is 35.5. The van der Waals surface area contributed by atoms with Crippen LogP contribution in [0.2, 0.25) is 5.02 Å². The van der Waals surface area contributed by atoms with Crippen molar-refractivity contribution in [2.24, 2.45) is 5.92 Å². The summed E-state index contributed by atoms with van der Waals surface area (Å²) in [6.07, 6.45) is 4.60. The van der Waals surface area contributed by atoms with Crippen molar-refractivity contribution in [3.63, 3.8) is 0 Å². The van der Waals surface area contributed by atoms with Gasteiger partial charge in [-0.2, -0.15) is 0 Å². The molecule has 0 saturated carbocycles. The summed E-state index contributed by atoms with van der Waals surface area (Å²) < 4.78 is 0. The smallest absolute Gasteiger partial charge is 0.143 e. The molecule has 0 bridgehead atoms. The van der Waals surface area contributed by atoms with Gasteiger partial charge in [-0.3, -0.25) is 0 Å². The molecule has 0 aliphatic rings. The molecule has 0 unspecified atom stereocenters. The molecule has 3 aromatic rings. The molecule has 1 aromatic heterocycles. The standard InChI is InChI=1S/C19H22ClN3O/c1-13(2)5-3-4-6-14-7-10-19(24)18(11-14)23-21-16-9-8-15(20)12-17(16)22-23/h7-13,24H,3-6H2,1-2H3. The number of nitrogens with zero attached hydrogens (tertiary/aromatic N) is 3. The van der Waals surface area contributed by atoms with Gasteiger partial charge in [-0.25, -0.2) is 0 Å². The van der Waals surface area contributed by atoms with Gasteiger partial charge in [0.15, 0.2) is 0 Å². The number of fused-ring (bicyclic) bond motifs is 1. The number of unbranched alkanes of at least 4 members (excludes halogenated alkanes) is 1. The van der Waals surface area contributed by atoms with Gasteiger partial charge in [-0.15, -0.1) is 15.0 Å². The Labute approximate surface area is 147 Å². The summed E-state index contributed by atoms with van der Waals surface area (Å²) in [5.74, 6) is 0.917. The molecule has 4 nitrogen and oxygen atoms in total. The number of aryl methyl sites for hydroxylation is 1. The van der Waals surface area contributed by atoms with Gasteiger partial charge in [0.1, 0.15) is 22.5 Å². The highest BCUT2D eigenvalue weighted by molar-refractivity contribution is 6.31. The van der Waals surface area contributed by atoms with Gasteiger partial charge in [-0.1, -0.05) is 44.4 Å². The molecule has 5 heteroatoms. The molecule has 1 N–H and O–H groups in total. The summed E-state index contributed by atoms with van der Waals surface area (Å²) >= 11 is 6.00. The third kappa shape index (κ3) is 3.88. The van der Waals surface area contributed by atoms with Crippen molar-refractivity contribution >= 4 is 22.6 Å². The highest BCUT2D eigenvalue weighted by Gasteiger charge is 2.10. The van der Waals surface area contributed by atoms with Crippen molar-refractivity contribution in [3.8, 4) is 11.4 Å². The Bertz CT molecular complexity index is 842. The van der Waals surface area contributed by atoms with Crippen LogP contribution >= 0.6 is 11.6 Å². The van der Waals surface area contributed by atoms with Crippen LogP contribution in [0.4, 0.5) is 0 Å². The van der Waals surface area contributed by atoms with E-state index in [1.165, 1.54) is 23.2 Å². The normalized spacial score (nSPS) is 11.5. The number of benzene rings is 2. The predicted octanol–water partition coefficient (Wildman–Crippen LogP) is 5.15. The van der Waals surface area contributed by atoms with Crippen molar-refractivity contribution in [3.05, 3.63) is 47.0 Å². The van der Waals surface area contributed by atoms with Gasteiger partial charge in [0.2, 0.25) is 0 Å². The second-order valence-corrected chi connectivity index (χ2v) is 7.02. The molecule has 0 atom stereocenters. The first-order chi connectivity index (χ1) is 11.5. The van der Waals surface area contributed by atoms with Gasteiger partial charge < -0.3 is 5.11 Å². The summed E-state index contributed by atoms with van der Waals surface area (Å²) in [5, 5.41) is 19.7. The highest BCUT2D eigenvalue weighted by Crippen LogP contribution is 2.25. The zero-order valence-electron chi connectivity index (χ0n) is 14.0. The topological polar surface area (TPSA) is 50.9 Å². The maximum absolute atomic E-state index is 10.2. The zero-order chi connectivity index (χ0) is 17.1. The average Bonchev–Trinajstić information content (AvgIpc) is 2.95. The van der Waals surface area contributed by atoms with Crippen LogP contribution in [-0.4, -0.2) is 20.1 Å². The number of phenols is 1. The zero-order valence-corrected chi connectivity index (χ0v) is 14.8. The van der Waals surface area contributed by atoms with Crippen LogP contribution in [-0.2, 0) is 6.42 Å². The van der Waals surface area contributed by atoms with E-state index < -0.39 is 0 Å². The van der Waals surface area contributed by atoms with Crippen LogP contribution in [0.3, 0.4) is 0 Å². The van der Waals surface area contributed by atoms with Crippen molar-refractivity contribution < 1.29 is 5.11 Å². The van der Waals surface area contributed by atoms with Crippen molar-refractivity contribution in [1.82, 2.24) is 15.0 Å². The molecule has 0 fully saturated rings. The Morgan fingerprint density at radius 3 is 2.62 bits per heavy atom. The first-order valence-electron chi connectivity index (χ1n) is 8.38. The van der Waals surface area contributed by atoms with E-state index in [2.05, 4.69) is 24.0 Å². The lowest BCUT2D eigenvalue weighted by molar-refractivity contribution is 0.467. The molecule has 1 heterocycles. The molecule has 0 aliphatic carbocycles. The number of rotatable bonds is 6. The van der Waals surface area contributed by atoms with E-state index in [0.29, 0.717) is 16.2 Å². The number of hydrogen-bond acceptors (Lipinski definition) is 3. The lowest BCUT2D eigenvalue weighted by Crippen LogP contribution is -2.00. The minimum Gasteiger partial charge on any atom is -0.506 e. The van der Waals surface area contributed by atoms with E-state index in [9.17, 15) is 5.11 Å². The maximum Gasteiger partial charge on any atom is 0.143 e. The summed E-state index contributed by atoms with van der Waals surface area (Å²) in [5.41, 5.74) is 3.25. The SMILES string of the molecule is CC(C)CCCCc1ccc(O)c(-n2nc3ccc(Cl)cc3n2)c1. The van der Waals surface area contributed by atoms with Gasteiger partial charge in [-0.05, 0) is 54.7 Å². The summed E-state index contributed by atoms with van der Waals surface area (Å²) in [6.45, 7) is 4.50. The molecular weight excluding hydrogens is 322 g/mol. The number of phenolic OH excluding ortho intramolecular Hbond substituents is 1. The largest absolute Gasteiger partial charge is 0.506 e. The van der Waals surface area contributed by atoms with Gasteiger partial charge in [0, 0.05) is 5.02 Å².